The van der Waals surface area contributed by atoms with Gasteiger partial charge in [-0.15, -0.1) is 0 Å². The van der Waals surface area contributed by atoms with E-state index in [2.05, 4.69) is 15.2 Å². The van der Waals surface area contributed by atoms with Crippen molar-refractivity contribution in [3.63, 3.8) is 0 Å². The summed E-state index contributed by atoms with van der Waals surface area (Å²) in [6, 6.07) is 6.83. The predicted octanol–water partition coefficient (Wildman–Crippen LogP) is 0.636. The van der Waals surface area contributed by atoms with Gasteiger partial charge >= 0.3 is 0 Å². The number of hydrogen-bond acceptors (Lipinski definition) is 7. The topological polar surface area (TPSA) is 96.9 Å². The smallest absolute Gasteiger partial charge is 0.251 e. The number of ether oxygens (including phenoxy) is 2. The van der Waals surface area contributed by atoms with Crippen molar-refractivity contribution in [1.29, 1.82) is 0 Å². The minimum atomic E-state index is -0.309. The third-order valence-electron chi connectivity index (χ3n) is 5.31. The van der Waals surface area contributed by atoms with Gasteiger partial charge in [0.15, 0.2) is 0 Å². The Kier molecular flexibility index (Phi) is 6.08. The number of hydrogen-bond donors (Lipinski definition) is 1. The van der Waals surface area contributed by atoms with Crippen LogP contribution in [-0.2, 0) is 22.5 Å². The molecule has 1 aromatic heterocycles. The van der Waals surface area contributed by atoms with Gasteiger partial charge in [0.1, 0.15) is 5.75 Å². The lowest BCUT2D eigenvalue weighted by Crippen LogP contribution is -2.43. The molecule has 1 saturated heterocycles. The average Bonchev–Trinajstić information content (AvgIpc) is 2.82. The number of amides is 2. The van der Waals surface area contributed by atoms with Gasteiger partial charge in [-0.05, 0) is 30.2 Å². The third kappa shape index (κ3) is 4.51. The number of nitrogens with one attached hydrogen (secondary N) is 1. The van der Waals surface area contributed by atoms with Crippen molar-refractivity contribution in [3.05, 3.63) is 47.3 Å². The van der Waals surface area contributed by atoms with Crippen LogP contribution in [-0.4, -0.2) is 73.2 Å². The highest BCUT2D eigenvalue weighted by Gasteiger charge is 2.24. The van der Waals surface area contributed by atoms with E-state index in [1.807, 2.05) is 6.20 Å². The summed E-state index contributed by atoms with van der Waals surface area (Å²) in [4.78, 5) is 38.0. The Balaban J connectivity index is 1.36. The van der Waals surface area contributed by atoms with Crippen molar-refractivity contribution in [2.75, 3.05) is 51.4 Å². The SMILES string of the molecule is COc1cccc(C(=O)NCC(=O)N2CCc3cnc(N4CCOCC4)nc3C2)c1. The maximum absolute atomic E-state index is 12.7. The Morgan fingerprint density at radius 1 is 1.23 bits per heavy atom. The quantitative estimate of drug-likeness (QED) is 0.771. The molecule has 30 heavy (non-hydrogen) atoms. The first-order chi connectivity index (χ1) is 14.6. The lowest BCUT2D eigenvalue weighted by Gasteiger charge is -2.30. The van der Waals surface area contributed by atoms with Crippen molar-refractivity contribution in [1.82, 2.24) is 20.2 Å². The van der Waals surface area contributed by atoms with Gasteiger partial charge in [0.05, 0.1) is 39.1 Å². The second-order valence-electron chi connectivity index (χ2n) is 7.22. The maximum atomic E-state index is 12.7. The highest BCUT2D eigenvalue weighted by Crippen LogP contribution is 2.20. The van der Waals surface area contributed by atoms with E-state index in [1.165, 1.54) is 0 Å². The van der Waals surface area contributed by atoms with Crippen LogP contribution in [0.5, 0.6) is 5.75 Å². The van der Waals surface area contributed by atoms with Gasteiger partial charge < -0.3 is 24.6 Å². The van der Waals surface area contributed by atoms with Crippen LogP contribution >= 0.6 is 0 Å². The number of benzene rings is 1. The van der Waals surface area contributed by atoms with Gasteiger partial charge in [-0.3, -0.25) is 9.59 Å². The first-order valence-corrected chi connectivity index (χ1v) is 10.0. The standard InChI is InChI=1S/C21H25N5O4/c1-29-17-4-2-3-15(11-17)20(28)22-13-19(27)26-6-5-16-12-23-21(24-18(16)14-26)25-7-9-30-10-8-25/h2-4,11-12H,5-10,13-14H2,1H3,(H,22,28). The molecular formula is C21H25N5O4. The van der Waals surface area contributed by atoms with E-state index in [9.17, 15) is 9.59 Å². The Hall–Kier alpha value is -3.20. The number of methoxy groups -OCH3 is 1. The molecule has 0 unspecified atom stereocenters. The van der Waals surface area contributed by atoms with E-state index in [0.717, 1.165) is 24.3 Å². The zero-order chi connectivity index (χ0) is 20.9. The molecule has 1 aromatic carbocycles. The molecule has 0 atom stereocenters. The summed E-state index contributed by atoms with van der Waals surface area (Å²) < 4.78 is 10.5. The van der Waals surface area contributed by atoms with Gasteiger partial charge in [0.25, 0.3) is 5.91 Å². The number of anilines is 1. The number of nitrogens with zero attached hydrogens (tertiary/aromatic N) is 4. The van der Waals surface area contributed by atoms with E-state index in [1.54, 1.807) is 36.3 Å². The molecule has 2 aliphatic rings. The van der Waals surface area contributed by atoms with Gasteiger partial charge in [-0.1, -0.05) is 6.07 Å². The second-order valence-corrected chi connectivity index (χ2v) is 7.22. The van der Waals surface area contributed by atoms with E-state index in [4.69, 9.17) is 14.5 Å². The minimum Gasteiger partial charge on any atom is -0.497 e. The number of carbonyl (C=O) groups is 2. The van der Waals surface area contributed by atoms with Crippen LogP contribution in [0, 0.1) is 0 Å². The van der Waals surface area contributed by atoms with Crippen LogP contribution in [0.15, 0.2) is 30.5 Å². The predicted molar refractivity (Wildman–Crippen MR) is 110 cm³/mol. The molecule has 0 bridgehead atoms. The number of fused-ring (bicyclic) bond motifs is 1. The van der Waals surface area contributed by atoms with Crippen LogP contribution in [0.2, 0.25) is 0 Å². The van der Waals surface area contributed by atoms with Crippen molar-refractivity contribution in [2.45, 2.75) is 13.0 Å². The Bertz CT molecular complexity index is 929. The van der Waals surface area contributed by atoms with E-state index in [0.29, 0.717) is 50.0 Å². The summed E-state index contributed by atoms with van der Waals surface area (Å²) in [5, 5.41) is 2.69. The zero-order valence-corrected chi connectivity index (χ0v) is 17.0. The lowest BCUT2D eigenvalue weighted by molar-refractivity contribution is -0.131. The van der Waals surface area contributed by atoms with Crippen molar-refractivity contribution >= 4 is 17.8 Å². The first kappa shape index (κ1) is 20.1. The van der Waals surface area contributed by atoms with Crippen molar-refractivity contribution in [3.8, 4) is 5.75 Å². The molecule has 0 aliphatic carbocycles. The fraction of sp³-hybridized carbons (Fsp3) is 0.429. The highest BCUT2D eigenvalue weighted by atomic mass is 16.5. The fourth-order valence-corrected chi connectivity index (χ4v) is 3.56. The zero-order valence-electron chi connectivity index (χ0n) is 17.0. The van der Waals surface area contributed by atoms with Crippen LogP contribution in [0.1, 0.15) is 21.6 Å². The Morgan fingerprint density at radius 2 is 2.07 bits per heavy atom. The second kappa shape index (κ2) is 9.08. The monoisotopic (exact) mass is 411 g/mol. The molecule has 2 amide bonds. The molecule has 3 heterocycles. The maximum Gasteiger partial charge on any atom is 0.251 e. The minimum absolute atomic E-state index is 0.0627. The Morgan fingerprint density at radius 3 is 2.87 bits per heavy atom. The summed E-state index contributed by atoms with van der Waals surface area (Å²) in [5.41, 5.74) is 2.38. The van der Waals surface area contributed by atoms with Crippen molar-refractivity contribution < 1.29 is 19.1 Å². The summed E-state index contributed by atoms with van der Waals surface area (Å²) in [7, 11) is 1.54. The molecule has 9 nitrogen and oxygen atoms in total. The molecule has 4 rings (SSSR count). The molecule has 0 saturated carbocycles. The first-order valence-electron chi connectivity index (χ1n) is 10.0. The summed E-state index contributed by atoms with van der Waals surface area (Å²) in [6.45, 7) is 3.79. The van der Waals surface area contributed by atoms with Crippen LogP contribution < -0.4 is 15.0 Å². The van der Waals surface area contributed by atoms with Crippen LogP contribution in [0.4, 0.5) is 5.95 Å². The van der Waals surface area contributed by atoms with E-state index in [-0.39, 0.29) is 18.4 Å². The van der Waals surface area contributed by atoms with Crippen LogP contribution in [0.25, 0.3) is 0 Å². The number of carbonyl (C=O) groups excluding carboxylic acids is 2. The van der Waals surface area contributed by atoms with E-state index < -0.39 is 0 Å². The number of morpholine rings is 1. The van der Waals surface area contributed by atoms with E-state index >= 15 is 0 Å². The lowest BCUT2D eigenvalue weighted by atomic mass is 10.1. The van der Waals surface area contributed by atoms with Gasteiger partial charge in [0.2, 0.25) is 11.9 Å². The van der Waals surface area contributed by atoms with Crippen LogP contribution in [0.3, 0.4) is 0 Å². The summed E-state index contributed by atoms with van der Waals surface area (Å²) in [5.74, 6) is 0.829. The molecule has 2 aliphatic heterocycles. The summed E-state index contributed by atoms with van der Waals surface area (Å²) in [6.07, 6.45) is 2.56. The fourth-order valence-electron chi connectivity index (χ4n) is 3.56. The molecule has 0 spiro atoms. The average molecular weight is 411 g/mol. The van der Waals surface area contributed by atoms with Crippen molar-refractivity contribution in [2.24, 2.45) is 0 Å². The van der Waals surface area contributed by atoms with Gasteiger partial charge in [0, 0.05) is 31.4 Å². The molecule has 2 aromatic rings. The molecular weight excluding hydrogens is 386 g/mol. The molecule has 0 radical (unpaired) electrons. The normalized spacial score (nSPS) is 16.0. The summed E-state index contributed by atoms with van der Waals surface area (Å²) >= 11 is 0. The molecule has 1 N–H and O–H groups in total. The van der Waals surface area contributed by atoms with Gasteiger partial charge in [-0.2, -0.15) is 0 Å². The number of aromatic nitrogens is 2. The molecule has 9 heteroatoms. The highest BCUT2D eigenvalue weighted by molar-refractivity contribution is 5.96. The Labute approximate surface area is 175 Å². The largest absolute Gasteiger partial charge is 0.497 e. The molecule has 158 valence electrons. The third-order valence-corrected chi connectivity index (χ3v) is 5.31. The molecule has 1 fully saturated rings. The van der Waals surface area contributed by atoms with Gasteiger partial charge in [-0.25, -0.2) is 9.97 Å². The number of rotatable bonds is 5.